The third-order valence-corrected chi connectivity index (χ3v) is 5.88. The minimum Gasteiger partial charge on any atom is -0.308 e. The second kappa shape index (κ2) is 5.43. The van der Waals surface area contributed by atoms with Crippen molar-refractivity contribution in [3.05, 3.63) is 22.4 Å². The second-order valence-electron chi connectivity index (χ2n) is 7.79. The Morgan fingerprint density at radius 3 is 2.70 bits per heavy atom. The lowest BCUT2D eigenvalue weighted by molar-refractivity contribution is 0.0180. The first-order chi connectivity index (χ1) is 9.49. The molecular weight excluding hydrogens is 264 g/mol. The van der Waals surface area contributed by atoms with Gasteiger partial charge < -0.3 is 5.32 Å². The molecule has 1 atom stereocenters. The van der Waals surface area contributed by atoms with Crippen molar-refractivity contribution in [1.82, 2.24) is 10.2 Å². The van der Waals surface area contributed by atoms with Gasteiger partial charge in [-0.3, -0.25) is 4.90 Å². The van der Waals surface area contributed by atoms with E-state index in [4.69, 9.17) is 0 Å². The molecule has 2 heterocycles. The number of thiophene rings is 1. The summed E-state index contributed by atoms with van der Waals surface area (Å²) in [7, 11) is 0. The van der Waals surface area contributed by atoms with Crippen LogP contribution in [0.5, 0.6) is 0 Å². The standard InChI is InChI=1S/C17H28N2S/c1-16(2,3)15-10-18-17(7-4-5-8-17)13-19(15)11-14-6-9-20-12-14/h6,9,12,15,18H,4-5,7-8,10-11,13H2,1-3H3. The molecule has 3 heteroatoms. The van der Waals surface area contributed by atoms with Crippen LogP contribution >= 0.6 is 11.3 Å². The maximum Gasteiger partial charge on any atom is 0.0309 e. The van der Waals surface area contributed by atoms with Gasteiger partial charge in [-0.25, -0.2) is 0 Å². The van der Waals surface area contributed by atoms with E-state index in [0.717, 1.165) is 13.1 Å². The van der Waals surface area contributed by atoms with Gasteiger partial charge in [-0.1, -0.05) is 33.6 Å². The zero-order chi connectivity index (χ0) is 14.2. The van der Waals surface area contributed by atoms with Crippen LogP contribution in [0.2, 0.25) is 0 Å². The van der Waals surface area contributed by atoms with Crippen LogP contribution in [0.4, 0.5) is 0 Å². The highest BCUT2D eigenvalue weighted by atomic mass is 32.1. The van der Waals surface area contributed by atoms with E-state index in [2.05, 4.69) is 47.8 Å². The Morgan fingerprint density at radius 2 is 2.10 bits per heavy atom. The number of nitrogens with one attached hydrogen (secondary N) is 1. The molecule has 3 rings (SSSR count). The SMILES string of the molecule is CC(C)(C)C1CNC2(CCCC2)CN1Cc1ccsc1. The summed E-state index contributed by atoms with van der Waals surface area (Å²) >= 11 is 1.82. The van der Waals surface area contributed by atoms with Crippen molar-refractivity contribution in [2.45, 2.75) is 64.6 Å². The van der Waals surface area contributed by atoms with Gasteiger partial charge in [0.25, 0.3) is 0 Å². The summed E-state index contributed by atoms with van der Waals surface area (Å²) < 4.78 is 0. The van der Waals surface area contributed by atoms with Crippen molar-refractivity contribution >= 4 is 11.3 Å². The average molecular weight is 292 g/mol. The molecule has 1 aromatic heterocycles. The highest BCUT2D eigenvalue weighted by Gasteiger charge is 2.44. The molecule has 0 radical (unpaired) electrons. The van der Waals surface area contributed by atoms with Gasteiger partial charge in [0.05, 0.1) is 0 Å². The van der Waals surface area contributed by atoms with E-state index >= 15 is 0 Å². The van der Waals surface area contributed by atoms with Crippen molar-refractivity contribution in [3.8, 4) is 0 Å². The largest absolute Gasteiger partial charge is 0.308 e. The molecular formula is C17H28N2S. The van der Waals surface area contributed by atoms with E-state index in [-0.39, 0.29) is 0 Å². The fourth-order valence-electron chi connectivity index (χ4n) is 4.02. The molecule has 20 heavy (non-hydrogen) atoms. The zero-order valence-corrected chi connectivity index (χ0v) is 13.9. The first-order valence-electron chi connectivity index (χ1n) is 7.99. The summed E-state index contributed by atoms with van der Waals surface area (Å²) in [6, 6.07) is 2.92. The fourth-order valence-corrected chi connectivity index (χ4v) is 4.68. The van der Waals surface area contributed by atoms with Crippen molar-refractivity contribution in [2.24, 2.45) is 5.41 Å². The molecule has 1 spiro atoms. The summed E-state index contributed by atoms with van der Waals surface area (Å²) in [5.41, 5.74) is 2.24. The van der Waals surface area contributed by atoms with E-state index in [9.17, 15) is 0 Å². The molecule has 0 amide bonds. The molecule has 1 saturated carbocycles. The molecule has 1 N–H and O–H groups in total. The highest BCUT2D eigenvalue weighted by Crippen LogP contribution is 2.37. The Labute approximate surface area is 127 Å². The molecule has 1 aliphatic carbocycles. The van der Waals surface area contributed by atoms with Crippen LogP contribution in [0.1, 0.15) is 52.0 Å². The van der Waals surface area contributed by atoms with Crippen LogP contribution in [0.3, 0.4) is 0 Å². The molecule has 2 fully saturated rings. The quantitative estimate of drug-likeness (QED) is 0.890. The Kier molecular flexibility index (Phi) is 3.95. The van der Waals surface area contributed by atoms with Gasteiger partial charge >= 0.3 is 0 Å². The number of rotatable bonds is 2. The van der Waals surface area contributed by atoms with Crippen molar-refractivity contribution < 1.29 is 0 Å². The lowest BCUT2D eigenvalue weighted by Gasteiger charge is -2.50. The lowest BCUT2D eigenvalue weighted by Crippen LogP contribution is -2.65. The maximum atomic E-state index is 3.92. The van der Waals surface area contributed by atoms with Gasteiger partial charge in [-0.2, -0.15) is 11.3 Å². The third-order valence-electron chi connectivity index (χ3n) is 5.14. The predicted octanol–water partition coefficient (Wildman–Crippen LogP) is 3.88. The van der Waals surface area contributed by atoms with Gasteiger partial charge in [0, 0.05) is 31.2 Å². The van der Waals surface area contributed by atoms with Gasteiger partial charge in [0.15, 0.2) is 0 Å². The first kappa shape index (κ1) is 14.6. The Balaban J connectivity index is 1.78. The van der Waals surface area contributed by atoms with E-state index in [1.165, 1.54) is 37.8 Å². The summed E-state index contributed by atoms with van der Waals surface area (Å²) in [5.74, 6) is 0. The number of piperazine rings is 1. The third kappa shape index (κ3) is 2.95. The van der Waals surface area contributed by atoms with Gasteiger partial charge in [-0.15, -0.1) is 0 Å². The number of nitrogens with zero attached hydrogens (tertiary/aromatic N) is 1. The van der Waals surface area contributed by atoms with Gasteiger partial charge in [0.2, 0.25) is 0 Å². The normalized spacial score (nSPS) is 27.2. The Morgan fingerprint density at radius 1 is 1.35 bits per heavy atom. The summed E-state index contributed by atoms with van der Waals surface area (Å²) in [5, 5.41) is 8.43. The summed E-state index contributed by atoms with van der Waals surface area (Å²) in [6.07, 6.45) is 5.53. The average Bonchev–Trinajstić information content (AvgIpc) is 3.00. The van der Waals surface area contributed by atoms with E-state index in [1.807, 2.05) is 11.3 Å². The van der Waals surface area contributed by atoms with Gasteiger partial charge in [-0.05, 0) is 40.6 Å². The van der Waals surface area contributed by atoms with Crippen LogP contribution in [0.15, 0.2) is 16.8 Å². The van der Waals surface area contributed by atoms with Gasteiger partial charge in [0.1, 0.15) is 0 Å². The van der Waals surface area contributed by atoms with E-state index in [1.54, 1.807) is 0 Å². The number of hydrogen-bond acceptors (Lipinski definition) is 3. The van der Waals surface area contributed by atoms with Crippen LogP contribution in [0.25, 0.3) is 0 Å². The van der Waals surface area contributed by atoms with Crippen LogP contribution in [0, 0.1) is 5.41 Å². The van der Waals surface area contributed by atoms with Crippen molar-refractivity contribution in [2.75, 3.05) is 13.1 Å². The van der Waals surface area contributed by atoms with Crippen molar-refractivity contribution in [1.29, 1.82) is 0 Å². The molecule has 2 nitrogen and oxygen atoms in total. The minimum atomic E-state index is 0.337. The van der Waals surface area contributed by atoms with Crippen molar-refractivity contribution in [3.63, 3.8) is 0 Å². The summed E-state index contributed by atoms with van der Waals surface area (Å²) in [4.78, 5) is 2.75. The molecule has 1 aliphatic heterocycles. The fraction of sp³-hybridized carbons (Fsp3) is 0.765. The zero-order valence-electron chi connectivity index (χ0n) is 13.1. The second-order valence-corrected chi connectivity index (χ2v) is 8.57. The topological polar surface area (TPSA) is 15.3 Å². The Bertz CT molecular complexity index is 426. The number of hydrogen-bond donors (Lipinski definition) is 1. The van der Waals surface area contributed by atoms with E-state index < -0.39 is 0 Å². The molecule has 1 saturated heterocycles. The monoisotopic (exact) mass is 292 g/mol. The van der Waals surface area contributed by atoms with Crippen LogP contribution < -0.4 is 5.32 Å². The molecule has 0 bridgehead atoms. The smallest absolute Gasteiger partial charge is 0.0309 e. The molecule has 2 aliphatic rings. The van der Waals surface area contributed by atoms with Crippen LogP contribution in [-0.2, 0) is 6.54 Å². The minimum absolute atomic E-state index is 0.337. The molecule has 1 unspecified atom stereocenters. The molecule has 0 aromatic carbocycles. The highest BCUT2D eigenvalue weighted by molar-refractivity contribution is 7.07. The van der Waals surface area contributed by atoms with E-state index in [0.29, 0.717) is 17.0 Å². The maximum absolute atomic E-state index is 3.92. The lowest BCUT2D eigenvalue weighted by atomic mass is 9.81. The van der Waals surface area contributed by atoms with Crippen LogP contribution in [-0.4, -0.2) is 29.6 Å². The molecule has 112 valence electrons. The molecule has 1 aromatic rings. The Hall–Kier alpha value is -0.380. The summed E-state index contributed by atoms with van der Waals surface area (Å²) in [6.45, 7) is 10.6. The first-order valence-corrected chi connectivity index (χ1v) is 8.93. The predicted molar refractivity (Wildman–Crippen MR) is 87.2 cm³/mol.